The molecule has 1 aliphatic heterocycles. The number of Topliss-reactive ketones (excluding diaryl/α,β-unsaturated/α-hetero) is 1. The Morgan fingerprint density at radius 1 is 1.27 bits per heavy atom. The maximum Gasteiger partial charge on any atom is 0.289 e. The lowest BCUT2D eigenvalue weighted by molar-refractivity contribution is -0.143. The summed E-state index contributed by atoms with van der Waals surface area (Å²) in [5.74, 6) is -0.648. The maximum atomic E-state index is 12.4. The molecule has 1 aliphatic carbocycles. The van der Waals surface area contributed by atoms with Gasteiger partial charge in [-0.05, 0) is 24.3 Å². The van der Waals surface area contributed by atoms with Gasteiger partial charge in [-0.1, -0.05) is 37.3 Å². The average Bonchev–Trinajstić information content (AvgIpc) is 3.09. The van der Waals surface area contributed by atoms with Gasteiger partial charge in [-0.3, -0.25) is 14.4 Å². The van der Waals surface area contributed by atoms with Crippen molar-refractivity contribution in [2.45, 2.75) is 44.8 Å². The predicted octanol–water partition coefficient (Wildman–Crippen LogP) is 1.27. The van der Waals surface area contributed by atoms with E-state index in [1.54, 1.807) is 0 Å². The molecule has 2 amide bonds. The minimum atomic E-state index is -0.623. The van der Waals surface area contributed by atoms with Gasteiger partial charge in [0, 0.05) is 19.0 Å². The molecule has 1 N–H and O–H groups in total. The minimum absolute atomic E-state index is 0.0604. The molecular weight excluding hydrogens is 280 g/mol. The van der Waals surface area contributed by atoms with Crippen LogP contribution >= 0.6 is 0 Å². The summed E-state index contributed by atoms with van der Waals surface area (Å²) < 4.78 is 0. The first-order valence-corrected chi connectivity index (χ1v) is 7.74. The standard InChI is InChI=1S/C17H20N2O3/c1-11-9-13(11)18-17(22)16(21)14-7-8-15(20)19(14)10-12-5-3-2-4-6-12/h2-6,11,13-14H,7-10H2,1H3,(H,18,22)/t11-,13-,14-/m1/s1. The number of benzene rings is 1. The fourth-order valence-corrected chi connectivity index (χ4v) is 2.90. The number of amides is 2. The number of likely N-dealkylation sites (tertiary alicyclic amines) is 1. The molecule has 1 aromatic rings. The van der Waals surface area contributed by atoms with Crippen LogP contribution in [0.3, 0.4) is 0 Å². The van der Waals surface area contributed by atoms with Gasteiger partial charge in [-0.2, -0.15) is 0 Å². The van der Waals surface area contributed by atoms with Crippen molar-refractivity contribution >= 4 is 17.6 Å². The molecule has 2 fully saturated rings. The molecule has 5 heteroatoms. The summed E-state index contributed by atoms with van der Waals surface area (Å²) in [6.07, 6.45) is 1.69. The highest BCUT2D eigenvalue weighted by atomic mass is 16.2. The van der Waals surface area contributed by atoms with E-state index in [0.29, 0.717) is 25.3 Å². The van der Waals surface area contributed by atoms with Crippen LogP contribution in [0, 0.1) is 5.92 Å². The molecule has 116 valence electrons. The quantitative estimate of drug-likeness (QED) is 0.833. The molecule has 5 nitrogen and oxygen atoms in total. The fraction of sp³-hybridized carbons (Fsp3) is 0.471. The summed E-state index contributed by atoms with van der Waals surface area (Å²) in [6, 6.07) is 9.03. The van der Waals surface area contributed by atoms with Crippen molar-refractivity contribution in [2.75, 3.05) is 0 Å². The van der Waals surface area contributed by atoms with Crippen LogP contribution in [0.2, 0.25) is 0 Å². The van der Waals surface area contributed by atoms with Crippen LogP contribution in [-0.4, -0.2) is 34.6 Å². The molecular formula is C17H20N2O3. The average molecular weight is 300 g/mol. The lowest BCUT2D eigenvalue weighted by Crippen LogP contribution is -2.46. The first-order valence-electron chi connectivity index (χ1n) is 7.74. The lowest BCUT2D eigenvalue weighted by Gasteiger charge is -2.23. The van der Waals surface area contributed by atoms with Crippen LogP contribution in [0.15, 0.2) is 30.3 Å². The van der Waals surface area contributed by atoms with Gasteiger partial charge in [-0.15, -0.1) is 0 Å². The van der Waals surface area contributed by atoms with Gasteiger partial charge in [0.25, 0.3) is 5.91 Å². The molecule has 1 saturated heterocycles. The van der Waals surface area contributed by atoms with Gasteiger partial charge < -0.3 is 10.2 Å². The number of hydrogen-bond acceptors (Lipinski definition) is 3. The number of ketones is 1. The molecule has 3 atom stereocenters. The Hall–Kier alpha value is -2.17. The second kappa shape index (κ2) is 5.91. The zero-order valence-electron chi connectivity index (χ0n) is 12.6. The molecule has 0 aromatic heterocycles. The Balaban J connectivity index is 1.67. The molecule has 1 heterocycles. The Morgan fingerprint density at radius 3 is 2.59 bits per heavy atom. The van der Waals surface area contributed by atoms with Crippen LogP contribution < -0.4 is 5.32 Å². The second-order valence-electron chi connectivity index (χ2n) is 6.22. The molecule has 0 spiro atoms. The SMILES string of the molecule is C[C@@H]1C[C@H]1NC(=O)C(=O)[C@H]1CCC(=O)N1Cc1ccccc1. The Bertz CT molecular complexity index is 599. The van der Waals surface area contributed by atoms with Gasteiger partial charge in [-0.25, -0.2) is 0 Å². The monoisotopic (exact) mass is 300 g/mol. The third-order valence-electron chi connectivity index (χ3n) is 4.48. The van der Waals surface area contributed by atoms with Gasteiger partial charge in [0.1, 0.15) is 6.04 Å². The second-order valence-corrected chi connectivity index (χ2v) is 6.22. The molecule has 2 aliphatic rings. The Labute approximate surface area is 129 Å². The molecule has 1 aromatic carbocycles. The molecule has 3 rings (SSSR count). The van der Waals surface area contributed by atoms with E-state index in [1.807, 2.05) is 37.3 Å². The van der Waals surface area contributed by atoms with Gasteiger partial charge in [0.2, 0.25) is 11.7 Å². The van der Waals surface area contributed by atoms with E-state index < -0.39 is 17.7 Å². The molecule has 0 bridgehead atoms. The molecule has 1 saturated carbocycles. The number of nitrogens with one attached hydrogen (secondary N) is 1. The topological polar surface area (TPSA) is 66.5 Å². The third-order valence-corrected chi connectivity index (χ3v) is 4.48. The van der Waals surface area contributed by atoms with E-state index >= 15 is 0 Å². The zero-order valence-corrected chi connectivity index (χ0v) is 12.6. The first-order chi connectivity index (χ1) is 10.6. The smallest absolute Gasteiger partial charge is 0.289 e. The van der Waals surface area contributed by atoms with E-state index in [1.165, 1.54) is 4.90 Å². The summed E-state index contributed by atoms with van der Waals surface area (Å²) in [7, 11) is 0. The van der Waals surface area contributed by atoms with E-state index in [0.717, 1.165) is 12.0 Å². The highest BCUT2D eigenvalue weighted by Gasteiger charge is 2.41. The fourth-order valence-electron chi connectivity index (χ4n) is 2.90. The number of carbonyl (C=O) groups is 3. The first kappa shape index (κ1) is 14.8. The van der Waals surface area contributed by atoms with Crippen molar-refractivity contribution in [1.29, 1.82) is 0 Å². The summed E-state index contributed by atoms with van der Waals surface area (Å²) in [4.78, 5) is 38.0. The van der Waals surface area contributed by atoms with Crippen LogP contribution in [0.5, 0.6) is 0 Å². The van der Waals surface area contributed by atoms with Crippen molar-refractivity contribution < 1.29 is 14.4 Å². The summed E-state index contributed by atoms with van der Waals surface area (Å²) >= 11 is 0. The van der Waals surface area contributed by atoms with E-state index in [4.69, 9.17) is 0 Å². The minimum Gasteiger partial charge on any atom is -0.346 e. The number of nitrogens with zero attached hydrogens (tertiary/aromatic N) is 1. The zero-order chi connectivity index (χ0) is 15.7. The van der Waals surface area contributed by atoms with Crippen LogP contribution in [-0.2, 0) is 20.9 Å². The van der Waals surface area contributed by atoms with Gasteiger partial charge in [0.05, 0.1) is 0 Å². The number of hydrogen-bond donors (Lipinski definition) is 1. The Morgan fingerprint density at radius 2 is 1.95 bits per heavy atom. The molecule has 0 radical (unpaired) electrons. The van der Waals surface area contributed by atoms with Crippen LogP contribution in [0.4, 0.5) is 0 Å². The van der Waals surface area contributed by atoms with Crippen LogP contribution in [0.25, 0.3) is 0 Å². The van der Waals surface area contributed by atoms with Crippen molar-refractivity contribution in [1.82, 2.24) is 10.2 Å². The van der Waals surface area contributed by atoms with E-state index in [-0.39, 0.29) is 11.9 Å². The lowest BCUT2D eigenvalue weighted by atomic mass is 10.1. The van der Waals surface area contributed by atoms with Gasteiger partial charge in [0.15, 0.2) is 0 Å². The highest BCUT2D eigenvalue weighted by molar-refractivity contribution is 6.38. The largest absolute Gasteiger partial charge is 0.346 e. The summed E-state index contributed by atoms with van der Waals surface area (Å²) in [5, 5.41) is 2.75. The maximum absolute atomic E-state index is 12.4. The van der Waals surface area contributed by atoms with Crippen molar-refractivity contribution in [2.24, 2.45) is 5.92 Å². The molecule has 0 unspecified atom stereocenters. The summed E-state index contributed by atoms with van der Waals surface area (Å²) in [5.41, 5.74) is 0.965. The number of rotatable bonds is 5. The van der Waals surface area contributed by atoms with Crippen molar-refractivity contribution in [3.8, 4) is 0 Å². The highest BCUT2D eigenvalue weighted by Crippen LogP contribution is 2.29. The van der Waals surface area contributed by atoms with Crippen molar-refractivity contribution in [3.05, 3.63) is 35.9 Å². The summed E-state index contributed by atoms with van der Waals surface area (Å²) in [6.45, 7) is 2.42. The van der Waals surface area contributed by atoms with Gasteiger partial charge >= 0.3 is 0 Å². The normalized spacial score (nSPS) is 26.9. The number of carbonyl (C=O) groups excluding carboxylic acids is 3. The molecule has 22 heavy (non-hydrogen) atoms. The van der Waals surface area contributed by atoms with Crippen LogP contribution in [0.1, 0.15) is 31.7 Å². The van der Waals surface area contributed by atoms with E-state index in [9.17, 15) is 14.4 Å². The van der Waals surface area contributed by atoms with E-state index in [2.05, 4.69) is 5.32 Å². The third kappa shape index (κ3) is 3.03. The predicted molar refractivity (Wildman–Crippen MR) is 80.7 cm³/mol. The van der Waals surface area contributed by atoms with Crippen molar-refractivity contribution in [3.63, 3.8) is 0 Å². The Kier molecular flexibility index (Phi) is 3.96.